The van der Waals surface area contributed by atoms with Crippen LogP contribution in [0.4, 0.5) is 13.2 Å². The molecule has 0 aliphatic heterocycles. The predicted molar refractivity (Wildman–Crippen MR) is 55.0 cm³/mol. The summed E-state index contributed by atoms with van der Waals surface area (Å²) in [7, 11) is 0. The van der Waals surface area contributed by atoms with Crippen molar-refractivity contribution in [2.24, 2.45) is 5.16 Å². The number of nitrogens with zero attached hydrogens (tertiary/aromatic N) is 1. The first-order valence-corrected chi connectivity index (χ1v) is 4.65. The van der Waals surface area contributed by atoms with Gasteiger partial charge >= 0.3 is 6.18 Å². The van der Waals surface area contributed by atoms with Gasteiger partial charge < -0.3 is 5.21 Å². The fraction of sp³-hybridized carbons (Fsp3) is 0.364. The van der Waals surface area contributed by atoms with Crippen molar-refractivity contribution in [2.45, 2.75) is 26.9 Å². The van der Waals surface area contributed by atoms with E-state index < -0.39 is 11.9 Å². The number of alkyl halides is 3. The fourth-order valence-corrected chi connectivity index (χ4v) is 1.80. The zero-order valence-electron chi connectivity index (χ0n) is 9.18. The van der Waals surface area contributed by atoms with Gasteiger partial charge in [-0.25, -0.2) is 0 Å². The summed E-state index contributed by atoms with van der Waals surface area (Å²) in [6, 6.07) is 3.25. The number of rotatable bonds is 1. The SMILES string of the molecule is Cc1cc(C)c(C(=NO)C(F)(F)F)c(C)c1. The van der Waals surface area contributed by atoms with E-state index in [1.54, 1.807) is 32.9 Å². The average molecular weight is 231 g/mol. The molecule has 2 nitrogen and oxygen atoms in total. The van der Waals surface area contributed by atoms with Gasteiger partial charge in [0.15, 0.2) is 5.71 Å². The first-order chi connectivity index (χ1) is 7.27. The first kappa shape index (κ1) is 12.5. The molecule has 0 unspecified atom stereocenters. The maximum absolute atomic E-state index is 12.6. The highest BCUT2D eigenvalue weighted by molar-refractivity contribution is 6.06. The molecule has 0 heterocycles. The van der Waals surface area contributed by atoms with E-state index in [4.69, 9.17) is 5.21 Å². The van der Waals surface area contributed by atoms with Crippen LogP contribution in [0.15, 0.2) is 17.3 Å². The third-order valence-corrected chi connectivity index (χ3v) is 2.28. The molecule has 1 rings (SSSR count). The van der Waals surface area contributed by atoms with Crippen LogP contribution in [-0.2, 0) is 0 Å². The molecule has 0 radical (unpaired) electrons. The van der Waals surface area contributed by atoms with Crippen molar-refractivity contribution >= 4 is 5.71 Å². The summed E-state index contributed by atoms with van der Waals surface area (Å²) in [6.07, 6.45) is -4.65. The number of halogens is 3. The van der Waals surface area contributed by atoms with Crippen LogP contribution in [-0.4, -0.2) is 17.1 Å². The molecular weight excluding hydrogens is 219 g/mol. The molecule has 0 aliphatic carbocycles. The van der Waals surface area contributed by atoms with Gasteiger partial charge in [-0.1, -0.05) is 22.9 Å². The molecule has 1 N–H and O–H groups in total. The lowest BCUT2D eigenvalue weighted by molar-refractivity contribution is -0.0601. The zero-order chi connectivity index (χ0) is 12.5. The van der Waals surface area contributed by atoms with E-state index in [-0.39, 0.29) is 5.56 Å². The predicted octanol–water partition coefficient (Wildman–Crippen LogP) is 3.35. The Morgan fingerprint density at radius 1 is 1.12 bits per heavy atom. The van der Waals surface area contributed by atoms with E-state index in [1.165, 1.54) is 0 Å². The quantitative estimate of drug-likeness (QED) is 0.448. The Labute approximate surface area is 91.4 Å². The van der Waals surface area contributed by atoms with E-state index in [1.807, 2.05) is 0 Å². The number of hydrogen-bond acceptors (Lipinski definition) is 2. The molecule has 0 spiro atoms. The van der Waals surface area contributed by atoms with E-state index in [0.717, 1.165) is 5.56 Å². The highest BCUT2D eigenvalue weighted by atomic mass is 19.4. The van der Waals surface area contributed by atoms with Crippen LogP contribution in [0, 0.1) is 20.8 Å². The maximum atomic E-state index is 12.6. The Morgan fingerprint density at radius 2 is 1.56 bits per heavy atom. The van der Waals surface area contributed by atoms with Crippen molar-refractivity contribution in [3.63, 3.8) is 0 Å². The highest BCUT2D eigenvalue weighted by Gasteiger charge is 2.39. The van der Waals surface area contributed by atoms with Gasteiger partial charge in [-0.2, -0.15) is 13.2 Å². The second-order valence-electron chi connectivity index (χ2n) is 3.72. The molecule has 5 heteroatoms. The second kappa shape index (κ2) is 4.15. The molecule has 0 saturated carbocycles. The number of hydrogen-bond donors (Lipinski definition) is 1. The molecule has 0 bridgehead atoms. The molecule has 0 atom stereocenters. The Balaban J connectivity index is 3.44. The largest absolute Gasteiger partial charge is 0.437 e. The standard InChI is InChI=1S/C11H12F3NO/c1-6-4-7(2)9(8(3)5-6)10(15-16)11(12,13)14/h4-5,16H,1-3H3. The van der Waals surface area contributed by atoms with E-state index in [2.05, 4.69) is 5.16 Å². The van der Waals surface area contributed by atoms with Crippen molar-refractivity contribution in [3.05, 3.63) is 34.4 Å². The Bertz CT molecular complexity index is 412. The smallest absolute Gasteiger partial charge is 0.410 e. The third kappa shape index (κ3) is 2.35. The van der Waals surface area contributed by atoms with Crippen molar-refractivity contribution in [2.75, 3.05) is 0 Å². The Kier molecular flexibility index (Phi) is 3.26. The minimum atomic E-state index is -4.65. The Morgan fingerprint density at radius 3 is 1.88 bits per heavy atom. The summed E-state index contributed by atoms with van der Waals surface area (Å²) in [5.41, 5.74) is 0.464. The molecule has 1 aromatic carbocycles. The first-order valence-electron chi connectivity index (χ1n) is 4.65. The molecule has 0 amide bonds. The average Bonchev–Trinajstić information content (AvgIpc) is 2.08. The summed E-state index contributed by atoms with van der Waals surface area (Å²) in [6.45, 7) is 4.92. The van der Waals surface area contributed by atoms with Crippen molar-refractivity contribution < 1.29 is 18.4 Å². The van der Waals surface area contributed by atoms with Crippen LogP contribution in [0.25, 0.3) is 0 Å². The van der Waals surface area contributed by atoms with Gasteiger partial charge in [0.05, 0.1) is 0 Å². The van der Waals surface area contributed by atoms with Crippen LogP contribution in [0.2, 0.25) is 0 Å². The minimum absolute atomic E-state index is 0.0550. The molecular formula is C11H12F3NO. The summed E-state index contributed by atoms with van der Waals surface area (Å²) in [5, 5.41) is 10.9. The normalized spacial score (nSPS) is 13.0. The van der Waals surface area contributed by atoms with Crippen molar-refractivity contribution in [1.82, 2.24) is 0 Å². The topological polar surface area (TPSA) is 32.6 Å². The molecule has 1 aromatic rings. The monoisotopic (exact) mass is 231 g/mol. The fourth-order valence-electron chi connectivity index (χ4n) is 1.80. The third-order valence-electron chi connectivity index (χ3n) is 2.28. The van der Waals surface area contributed by atoms with Gasteiger partial charge in [0.2, 0.25) is 0 Å². The van der Waals surface area contributed by atoms with Crippen LogP contribution >= 0.6 is 0 Å². The molecule has 16 heavy (non-hydrogen) atoms. The molecule has 0 saturated heterocycles. The van der Waals surface area contributed by atoms with E-state index >= 15 is 0 Å². The van der Waals surface area contributed by atoms with Crippen molar-refractivity contribution in [3.8, 4) is 0 Å². The Hall–Kier alpha value is -1.52. The van der Waals surface area contributed by atoms with Crippen LogP contribution in [0.1, 0.15) is 22.3 Å². The van der Waals surface area contributed by atoms with E-state index in [0.29, 0.717) is 11.1 Å². The minimum Gasteiger partial charge on any atom is -0.410 e. The maximum Gasteiger partial charge on any atom is 0.437 e. The molecule has 0 fully saturated rings. The van der Waals surface area contributed by atoms with Gasteiger partial charge in [0.25, 0.3) is 0 Å². The van der Waals surface area contributed by atoms with Crippen LogP contribution in [0.3, 0.4) is 0 Å². The van der Waals surface area contributed by atoms with Crippen LogP contribution < -0.4 is 0 Å². The molecule has 0 aromatic heterocycles. The second-order valence-corrected chi connectivity index (χ2v) is 3.72. The lowest BCUT2D eigenvalue weighted by Crippen LogP contribution is -2.26. The summed E-state index contributed by atoms with van der Waals surface area (Å²) in [4.78, 5) is 0. The highest BCUT2D eigenvalue weighted by Crippen LogP contribution is 2.27. The summed E-state index contributed by atoms with van der Waals surface area (Å²) >= 11 is 0. The molecule has 88 valence electrons. The lowest BCUT2D eigenvalue weighted by atomic mass is 9.96. The van der Waals surface area contributed by atoms with Gasteiger partial charge in [0, 0.05) is 5.56 Å². The zero-order valence-corrected chi connectivity index (χ0v) is 9.18. The van der Waals surface area contributed by atoms with Gasteiger partial charge in [-0.15, -0.1) is 0 Å². The number of benzene rings is 1. The summed E-state index contributed by atoms with van der Waals surface area (Å²) in [5.74, 6) is 0. The number of oxime groups is 1. The lowest BCUT2D eigenvalue weighted by Gasteiger charge is -2.14. The van der Waals surface area contributed by atoms with Gasteiger partial charge in [0.1, 0.15) is 0 Å². The summed E-state index contributed by atoms with van der Waals surface area (Å²) < 4.78 is 37.7. The van der Waals surface area contributed by atoms with Crippen LogP contribution in [0.5, 0.6) is 0 Å². The van der Waals surface area contributed by atoms with Gasteiger partial charge in [-0.05, 0) is 31.9 Å². The van der Waals surface area contributed by atoms with Crippen molar-refractivity contribution in [1.29, 1.82) is 0 Å². The van der Waals surface area contributed by atoms with E-state index in [9.17, 15) is 13.2 Å². The number of aryl methyl sites for hydroxylation is 3. The molecule has 0 aliphatic rings. The van der Waals surface area contributed by atoms with Gasteiger partial charge in [-0.3, -0.25) is 0 Å².